The van der Waals surface area contributed by atoms with Gasteiger partial charge in [-0.05, 0) is 53.2 Å². The van der Waals surface area contributed by atoms with E-state index in [9.17, 15) is 0 Å². The summed E-state index contributed by atoms with van der Waals surface area (Å²) in [5.74, 6) is 0.930. The Morgan fingerprint density at radius 1 is 1.33 bits per heavy atom. The fourth-order valence-corrected chi connectivity index (χ4v) is 2.75. The monoisotopic (exact) mass is 345 g/mol. The van der Waals surface area contributed by atoms with Crippen LogP contribution in [0.5, 0.6) is 0 Å². The van der Waals surface area contributed by atoms with Gasteiger partial charge in [0.2, 0.25) is 0 Å². The van der Waals surface area contributed by atoms with Crippen molar-refractivity contribution in [3.63, 3.8) is 0 Å². The second-order valence-corrected chi connectivity index (χ2v) is 5.73. The Morgan fingerprint density at radius 3 is 2.90 bits per heavy atom. The van der Waals surface area contributed by atoms with Crippen LogP contribution in [0.4, 0.5) is 11.4 Å². The van der Waals surface area contributed by atoms with Gasteiger partial charge >= 0.3 is 0 Å². The Morgan fingerprint density at radius 2 is 2.19 bits per heavy atom. The Bertz CT molecular complexity index is 756. The highest BCUT2D eigenvalue weighted by molar-refractivity contribution is 9.10. The number of halogens is 1. The molecular weight excluding hydrogens is 330 g/mol. The Hall–Kier alpha value is -2.01. The minimum absolute atomic E-state index is 0.709. The van der Waals surface area contributed by atoms with Crippen molar-refractivity contribution in [2.24, 2.45) is 0 Å². The zero-order valence-corrected chi connectivity index (χ0v) is 13.3. The third-order valence-electron chi connectivity index (χ3n) is 3.48. The zero-order valence-electron chi connectivity index (χ0n) is 11.7. The van der Waals surface area contributed by atoms with Crippen LogP contribution in [0.2, 0.25) is 0 Å². The van der Waals surface area contributed by atoms with E-state index >= 15 is 0 Å². The molecule has 2 aromatic heterocycles. The molecule has 0 bridgehead atoms. The summed E-state index contributed by atoms with van der Waals surface area (Å²) >= 11 is 3.45. The third kappa shape index (κ3) is 2.74. The Balaban J connectivity index is 2.08. The Kier molecular flexibility index (Phi) is 3.84. The molecule has 0 unspecified atom stereocenters. The molecule has 0 radical (unpaired) electrons. The van der Waals surface area contributed by atoms with E-state index in [1.165, 1.54) is 0 Å². The van der Waals surface area contributed by atoms with Gasteiger partial charge < -0.3 is 15.1 Å². The summed E-state index contributed by atoms with van der Waals surface area (Å²) in [5.41, 5.74) is 8.78. The van der Waals surface area contributed by atoms with Gasteiger partial charge in [-0.1, -0.05) is 0 Å². The average molecular weight is 346 g/mol. The van der Waals surface area contributed by atoms with Crippen molar-refractivity contribution >= 4 is 38.2 Å². The van der Waals surface area contributed by atoms with Gasteiger partial charge in [-0.15, -0.1) is 0 Å². The van der Waals surface area contributed by atoms with E-state index in [0.717, 1.165) is 39.1 Å². The molecule has 0 aliphatic rings. The van der Waals surface area contributed by atoms with Gasteiger partial charge in [0.05, 0.1) is 24.0 Å². The number of hydrogen-bond donors (Lipinski definition) is 1. The molecule has 0 aliphatic heterocycles. The van der Waals surface area contributed by atoms with E-state index in [1.807, 2.05) is 30.3 Å². The highest BCUT2D eigenvalue weighted by atomic mass is 79.9. The minimum Gasteiger partial charge on any atom is -0.467 e. The molecule has 0 saturated heterocycles. The normalized spacial score (nSPS) is 11.0. The number of benzene rings is 1. The number of rotatable bonds is 4. The lowest BCUT2D eigenvalue weighted by molar-refractivity contribution is 0.504. The molecule has 5 heteroatoms. The first-order chi connectivity index (χ1) is 10.2. The lowest BCUT2D eigenvalue weighted by Crippen LogP contribution is -2.22. The van der Waals surface area contributed by atoms with E-state index in [2.05, 4.69) is 32.7 Å². The molecule has 0 amide bonds. The van der Waals surface area contributed by atoms with E-state index < -0.39 is 0 Å². The minimum atomic E-state index is 0.709. The number of aromatic nitrogens is 1. The quantitative estimate of drug-likeness (QED) is 0.720. The number of pyridine rings is 1. The fraction of sp³-hybridized carbons (Fsp3) is 0.188. The van der Waals surface area contributed by atoms with Crippen LogP contribution in [0.1, 0.15) is 12.7 Å². The summed E-state index contributed by atoms with van der Waals surface area (Å²) in [6, 6.07) is 9.83. The van der Waals surface area contributed by atoms with Crippen LogP contribution in [-0.4, -0.2) is 11.5 Å². The Labute approximate surface area is 131 Å². The van der Waals surface area contributed by atoms with Crippen molar-refractivity contribution in [1.82, 2.24) is 4.98 Å². The lowest BCUT2D eigenvalue weighted by atomic mass is 10.1. The molecule has 3 rings (SSSR count). The maximum Gasteiger partial charge on any atom is 0.123 e. The van der Waals surface area contributed by atoms with E-state index in [4.69, 9.17) is 10.2 Å². The SMILES string of the molecule is CCN(Cc1ccco1)c1ccc(N)c2cc(Br)cnc12. The van der Waals surface area contributed by atoms with E-state index in [1.54, 1.807) is 12.5 Å². The van der Waals surface area contributed by atoms with Crippen molar-refractivity contribution in [2.45, 2.75) is 13.5 Å². The molecule has 2 heterocycles. The van der Waals surface area contributed by atoms with E-state index in [-0.39, 0.29) is 0 Å². The summed E-state index contributed by atoms with van der Waals surface area (Å²) in [7, 11) is 0. The topological polar surface area (TPSA) is 55.3 Å². The first-order valence-electron chi connectivity index (χ1n) is 6.80. The first-order valence-corrected chi connectivity index (χ1v) is 7.59. The summed E-state index contributed by atoms with van der Waals surface area (Å²) < 4.78 is 6.37. The van der Waals surface area contributed by atoms with Crippen molar-refractivity contribution in [2.75, 3.05) is 17.2 Å². The van der Waals surface area contributed by atoms with Crippen LogP contribution in [0.15, 0.2) is 51.7 Å². The van der Waals surface area contributed by atoms with Crippen molar-refractivity contribution in [3.8, 4) is 0 Å². The second kappa shape index (κ2) is 5.77. The summed E-state index contributed by atoms with van der Waals surface area (Å²) in [4.78, 5) is 6.76. The second-order valence-electron chi connectivity index (χ2n) is 4.82. The molecule has 4 nitrogen and oxygen atoms in total. The third-order valence-corrected chi connectivity index (χ3v) is 3.91. The molecule has 108 valence electrons. The molecular formula is C16H16BrN3O. The van der Waals surface area contributed by atoms with Crippen LogP contribution in [0, 0.1) is 0 Å². The molecule has 0 spiro atoms. The van der Waals surface area contributed by atoms with Crippen LogP contribution >= 0.6 is 15.9 Å². The zero-order chi connectivity index (χ0) is 14.8. The summed E-state index contributed by atoms with van der Waals surface area (Å²) in [6.07, 6.45) is 3.49. The maximum atomic E-state index is 6.07. The smallest absolute Gasteiger partial charge is 0.123 e. The number of anilines is 2. The molecule has 2 N–H and O–H groups in total. The predicted molar refractivity (Wildman–Crippen MR) is 89.3 cm³/mol. The highest BCUT2D eigenvalue weighted by Crippen LogP contribution is 2.31. The van der Waals surface area contributed by atoms with Gasteiger partial charge in [-0.3, -0.25) is 4.98 Å². The number of nitrogens with zero attached hydrogens (tertiary/aromatic N) is 2. The molecule has 0 atom stereocenters. The van der Waals surface area contributed by atoms with Gasteiger partial charge in [0, 0.05) is 28.3 Å². The number of furan rings is 1. The predicted octanol–water partition coefficient (Wildman–Crippen LogP) is 4.20. The highest BCUT2D eigenvalue weighted by Gasteiger charge is 2.13. The van der Waals surface area contributed by atoms with Gasteiger partial charge in [0.1, 0.15) is 5.76 Å². The molecule has 1 aromatic carbocycles. The van der Waals surface area contributed by atoms with Crippen LogP contribution in [-0.2, 0) is 6.54 Å². The van der Waals surface area contributed by atoms with Gasteiger partial charge in [0.15, 0.2) is 0 Å². The maximum absolute atomic E-state index is 6.07. The van der Waals surface area contributed by atoms with Crippen LogP contribution in [0.3, 0.4) is 0 Å². The number of fused-ring (bicyclic) bond motifs is 1. The summed E-state index contributed by atoms with van der Waals surface area (Å²) in [6.45, 7) is 3.68. The first kappa shape index (κ1) is 13.9. The molecule has 0 saturated carbocycles. The van der Waals surface area contributed by atoms with Crippen molar-refractivity contribution in [3.05, 3.63) is 53.0 Å². The molecule has 21 heavy (non-hydrogen) atoms. The van der Waals surface area contributed by atoms with Crippen molar-refractivity contribution in [1.29, 1.82) is 0 Å². The lowest BCUT2D eigenvalue weighted by Gasteiger charge is -2.23. The van der Waals surface area contributed by atoms with Crippen LogP contribution < -0.4 is 10.6 Å². The number of nitrogen functional groups attached to an aromatic ring is 1. The standard InChI is InChI=1S/C16H16BrN3O/c1-2-20(10-12-4-3-7-21-12)15-6-5-14(18)13-8-11(17)9-19-16(13)15/h3-9H,2,10,18H2,1H3. The van der Waals surface area contributed by atoms with Gasteiger partial charge in [-0.2, -0.15) is 0 Å². The van der Waals surface area contributed by atoms with Crippen molar-refractivity contribution < 1.29 is 4.42 Å². The molecule has 0 aliphatic carbocycles. The van der Waals surface area contributed by atoms with Gasteiger partial charge in [-0.25, -0.2) is 0 Å². The van der Waals surface area contributed by atoms with Crippen LogP contribution in [0.25, 0.3) is 10.9 Å². The summed E-state index contributed by atoms with van der Waals surface area (Å²) in [5, 5.41) is 0.958. The average Bonchev–Trinajstić information content (AvgIpc) is 2.99. The molecule has 0 fully saturated rings. The van der Waals surface area contributed by atoms with E-state index in [0.29, 0.717) is 6.54 Å². The fourth-order valence-electron chi connectivity index (χ4n) is 2.41. The van der Waals surface area contributed by atoms with Gasteiger partial charge in [0.25, 0.3) is 0 Å². The number of nitrogens with two attached hydrogens (primary N) is 1. The largest absolute Gasteiger partial charge is 0.467 e. The molecule has 3 aromatic rings. The number of hydrogen-bond acceptors (Lipinski definition) is 4.